The minimum Gasteiger partial charge on any atom is -0.394 e. The number of hydrogen-bond acceptors (Lipinski definition) is 6. The summed E-state index contributed by atoms with van der Waals surface area (Å²) in [6.45, 7) is 4.00. The van der Waals surface area contributed by atoms with Crippen molar-refractivity contribution in [1.29, 1.82) is 0 Å². The van der Waals surface area contributed by atoms with Crippen LogP contribution >= 0.6 is 0 Å². The lowest BCUT2D eigenvalue weighted by Gasteiger charge is -2.35. The molecule has 1 aromatic carbocycles. The molecule has 1 aliphatic carbocycles. The molecule has 1 unspecified atom stereocenters. The molecular formula is C24H28N6O3. The lowest BCUT2D eigenvalue weighted by molar-refractivity contribution is -0.134. The second kappa shape index (κ2) is 8.82. The number of aliphatic hydroxyl groups is 1. The topological polar surface area (TPSA) is 103 Å². The summed E-state index contributed by atoms with van der Waals surface area (Å²) in [4.78, 5) is 33.7. The fourth-order valence-corrected chi connectivity index (χ4v) is 4.46. The van der Waals surface area contributed by atoms with Crippen LogP contribution < -0.4 is 5.32 Å². The Morgan fingerprint density at radius 2 is 1.82 bits per heavy atom. The predicted molar refractivity (Wildman–Crippen MR) is 123 cm³/mol. The molecule has 172 valence electrons. The molecule has 5 rings (SSSR count). The highest BCUT2D eigenvalue weighted by Crippen LogP contribution is 2.31. The predicted octanol–water partition coefficient (Wildman–Crippen LogP) is 1.88. The molecule has 1 aliphatic heterocycles. The summed E-state index contributed by atoms with van der Waals surface area (Å²) >= 11 is 0. The summed E-state index contributed by atoms with van der Waals surface area (Å²) in [6, 6.07) is 9.33. The zero-order valence-corrected chi connectivity index (χ0v) is 18.6. The molecule has 1 atom stereocenters. The van der Waals surface area contributed by atoms with Crippen molar-refractivity contribution in [1.82, 2.24) is 24.4 Å². The number of aromatic nitrogens is 3. The van der Waals surface area contributed by atoms with Gasteiger partial charge in [0.25, 0.3) is 5.91 Å². The summed E-state index contributed by atoms with van der Waals surface area (Å²) < 4.78 is 1.66. The first-order chi connectivity index (χ1) is 16.1. The van der Waals surface area contributed by atoms with Crippen LogP contribution in [0.1, 0.15) is 40.4 Å². The molecule has 0 bridgehead atoms. The van der Waals surface area contributed by atoms with Crippen LogP contribution in [0.5, 0.6) is 0 Å². The summed E-state index contributed by atoms with van der Waals surface area (Å²) in [5, 5.41) is 17.5. The van der Waals surface area contributed by atoms with E-state index in [1.54, 1.807) is 15.6 Å². The first-order valence-corrected chi connectivity index (χ1v) is 11.4. The largest absolute Gasteiger partial charge is 0.394 e. The number of aliphatic hydroxyl groups excluding tert-OH is 1. The van der Waals surface area contributed by atoms with Gasteiger partial charge in [-0.2, -0.15) is 5.10 Å². The highest BCUT2D eigenvalue weighted by molar-refractivity contribution is 5.99. The number of aryl methyl sites for hydroxylation is 1. The van der Waals surface area contributed by atoms with Gasteiger partial charge in [0.05, 0.1) is 18.2 Å². The maximum Gasteiger partial charge on any atom is 0.255 e. The second-order valence-corrected chi connectivity index (χ2v) is 8.75. The zero-order valence-electron chi connectivity index (χ0n) is 18.6. The minimum atomic E-state index is -0.338. The van der Waals surface area contributed by atoms with Gasteiger partial charge in [0.1, 0.15) is 11.8 Å². The fraction of sp³-hybridized carbons (Fsp3) is 0.417. The maximum atomic E-state index is 13.3. The molecule has 2 N–H and O–H groups in total. The number of hydrogen-bond donors (Lipinski definition) is 2. The van der Waals surface area contributed by atoms with E-state index in [9.17, 15) is 14.7 Å². The minimum absolute atomic E-state index is 0.0655. The first kappa shape index (κ1) is 21.4. The molecule has 3 aromatic rings. The van der Waals surface area contributed by atoms with Gasteiger partial charge in [0.15, 0.2) is 5.82 Å². The van der Waals surface area contributed by atoms with E-state index in [1.807, 2.05) is 42.2 Å². The number of fused-ring (bicyclic) bond motifs is 1. The fourth-order valence-electron chi connectivity index (χ4n) is 4.46. The number of anilines is 1. The summed E-state index contributed by atoms with van der Waals surface area (Å²) in [7, 11) is 0. The molecule has 9 nitrogen and oxygen atoms in total. The van der Waals surface area contributed by atoms with E-state index in [-0.39, 0.29) is 30.4 Å². The third-order valence-electron chi connectivity index (χ3n) is 6.56. The van der Waals surface area contributed by atoms with Gasteiger partial charge in [-0.1, -0.05) is 30.3 Å². The Kier molecular flexibility index (Phi) is 5.72. The number of piperazine rings is 1. The van der Waals surface area contributed by atoms with Crippen molar-refractivity contribution in [3.05, 3.63) is 59.5 Å². The third kappa shape index (κ3) is 4.16. The van der Waals surface area contributed by atoms with Gasteiger partial charge in [-0.25, -0.2) is 9.50 Å². The molecule has 2 fully saturated rings. The van der Waals surface area contributed by atoms with Crippen molar-refractivity contribution < 1.29 is 14.7 Å². The summed E-state index contributed by atoms with van der Waals surface area (Å²) in [5.41, 5.74) is 3.00. The van der Waals surface area contributed by atoms with Gasteiger partial charge in [0, 0.05) is 38.3 Å². The summed E-state index contributed by atoms with van der Waals surface area (Å²) in [6.07, 6.45) is 5.16. The van der Waals surface area contributed by atoms with Gasteiger partial charge in [-0.3, -0.25) is 9.59 Å². The van der Waals surface area contributed by atoms with Crippen LogP contribution in [0.15, 0.2) is 42.9 Å². The highest BCUT2D eigenvalue weighted by Gasteiger charge is 2.35. The molecule has 2 aliphatic rings. The molecule has 33 heavy (non-hydrogen) atoms. The Bertz CT molecular complexity index is 1170. The van der Waals surface area contributed by atoms with Gasteiger partial charge in [-0.15, -0.1) is 0 Å². The number of carbonyl (C=O) groups is 2. The average molecular weight is 449 g/mol. The van der Waals surface area contributed by atoms with Crippen LogP contribution in [0.3, 0.4) is 0 Å². The van der Waals surface area contributed by atoms with Crippen molar-refractivity contribution in [3.63, 3.8) is 0 Å². The number of benzene rings is 1. The molecule has 2 aromatic heterocycles. The molecule has 2 amide bonds. The highest BCUT2D eigenvalue weighted by atomic mass is 16.3. The van der Waals surface area contributed by atoms with Gasteiger partial charge in [-0.05, 0) is 30.9 Å². The first-order valence-electron chi connectivity index (χ1n) is 11.4. The number of carbonyl (C=O) groups excluding carboxylic acids is 2. The molecule has 3 heterocycles. The van der Waals surface area contributed by atoms with Crippen molar-refractivity contribution >= 4 is 23.1 Å². The number of nitrogens with one attached hydrogen (secondary N) is 1. The third-order valence-corrected chi connectivity index (χ3v) is 6.56. The van der Waals surface area contributed by atoms with Gasteiger partial charge in [0.2, 0.25) is 5.91 Å². The van der Waals surface area contributed by atoms with Crippen LogP contribution in [-0.4, -0.2) is 74.1 Å². The van der Waals surface area contributed by atoms with Crippen molar-refractivity contribution in [2.75, 3.05) is 38.1 Å². The van der Waals surface area contributed by atoms with Crippen LogP contribution in [0, 0.1) is 12.8 Å². The van der Waals surface area contributed by atoms with Crippen LogP contribution in [0.2, 0.25) is 0 Å². The molecule has 0 spiro atoms. The standard InChI is InChI=1S/C24H28N6O3/c1-16-19(24(33)29-11-9-28(10-12-29)23(32)18-7-8-18)13-30-21(16)22(25-15-26-30)27-20(14-31)17-5-3-2-4-6-17/h2-6,13,15,18,20,31H,7-12,14H2,1H3,(H,25,26,27). The average Bonchev–Trinajstić information content (AvgIpc) is 3.65. The Morgan fingerprint density at radius 1 is 1.12 bits per heavy atom. The van der Waals surface area contributed by atoms with Gasteiger partial charge < -0.3 is 20.2 Å². The van der Waals surface area contributed by atoms with E-state index in [2.05, 4.69) is 15.4 Å². The smallest absolute Gasteiger partial charge is 0.255 e. The Morgan fingerprint density at radius 3 is 2.48 bits per heavy atom. The van der Waals surface area contributed by atoms with Crippen molar-refractivity contribution in [2.24, 2.45) is 5.92 Å². The lowest BCUT2D eigenvalue weighted by atomic mass is 10.1. The van der Waals surface area contributed by atoms with E-state index in [1.165, 1.54) is 6.33 Å². The molecule has 1 saturated carbocycles. The maximum absolute atomic E-state index is 13.3. The Balaban J connectivity index is 1.36. The number of rotatable bonds is 6. The Hall–Kier alpha value is -3.46. The van der Waals surface area contributed by atoms with E-state index < -0.39 is 0 Å². The van der Waals surface area contributed by atoms with Crippen LogP contribution in [0.4, 0.5) is 5.82 Å². The van der Waals surface area contributed by atoms with E-state index in [0.29, 0.717) is 43.1 Å². The molecule has 0 radical (unpaired) electrons. The summed E-state index contributed by atoms with van der Waals surface area (Å²) in [5.74, 6) is 0.929. The molecule has 1 saturated heterocycles. The normalized spacial score (nSPS) is 17.3. The number of amides is 2. The van der Waals surface area contributed by atoms with Crippen LogP contribution in [-0.2, 0) is 4.79 Å². The quantitative estimate of drug-likeness (QED) is 0.597. The van der Waals surface area contributed by atoms with E-state index in [0.717, 1.165) is 24.0 Å². The van der Waals surface area contributed by atoms with Crippen molar-refractivity contribution in [2.45, 2.75) is 25.8 Å². The van der Waals surface area contributed by atoms with Gasteiger partial charge >= 0.3 is 0 Å². The monoisotopic (exact) mass is 448 g/mol. The molecule has 9 heteroatoms. The Labute approximate surface area is 192 Å². The van der Waals surface area contributed by atoms with E-state index >= 15 is 0 Å². The SMILES string of the molecule is Cc1c(C(=O)N2CCN(C(=O)C3CC3)CC2)cn2ncnc(NC(CO)c3ccccc3)c12. The van der Waals surface area contributed by atoms with E-state index in [4.69, 9.17) is 0 Å². The lowest BCUT2D eigenvalue weighted by Crippen LogP contribution is -2.51. The second-order valence-electron chi connectivity index (χ2n) is 8.75. The zero-order chi connectivity index (χ0) is 22.9. The van der Waals surface area contributed by atoms with Crippen molar-refractivity contribution in [3.8, 4) is 0 Å². The van der Waals surface area contributed by atoms with Crippen LogP contribution in [0.25, 0.3) is 5.52 Å². The number of nitrogens with zero attached hydrogens (tertiary/aromatic N) is 5. The molecular weight excluding hydrogens is 420 g/mol.